The number of anilines is 1. The van der Waals surface area contributed by atoms with Crippen LogP contribution in [0, 0.1) is 0 Å². The molecule has 2 amide bonds. The predicted molar refractivity (Wildman–Crippen MR) is 133 cm³/mol. The van der Waals surface area contributed by atoms with E-state index in [1.807, 2.05) is 65.6 Å². The van der Waals surface area contributed by atoms with Gasteiger partial charge in [0, 0.05) is 18.8 Å². The van der Waals surface area contributed by atoms with Gasteiger partial charge in [0.05, 0.1) is 17.6 Å². The lowest BCUT2D eigenvalue weighted by atomic mass is 10.0. The summed E-state index contributed by atoms with van der Waals surface area (Å²) in [6.45, 7) is 0.710. The monoisotopic (exact) mass is 525 g/mol. The van der Waals surface area contributed by atoms with Gasteiger partial charge in [-0.25, -0.2) is 19.6 Å². The zero-order valence-electron chi connectivity index (χ0n) is 20.4. The molecule has 0 aromatic heterocycles. The van der Waals surface area contributed by atoms with E-state index in [1.54, 1.807) is 0 Å². The molecule has 0 radical (unpaired) electrons. The van der Waals surface area contributed by atoms with Crippen LogP contribution in [0.1, 0.15) is 23.1 Å². The van der Waals surface area contributed by atoms with Crippen molar-refractivity contribution in [3.8, 4) is 0 Å². The Morgan fingerprint density at radius 3 is 1.58 bits per heavy atom. The molecule has 2 aliphatic rings. The van der Waals surface area contributed by atoms with Crippen LogP contribution in [0.2, 0.25) is 0 Å². The Bertz CT molecular complexity index is 1190. The summed E-state index contributed by atoms with van der Waals surface area (Å²) in [6.07, 6.45) is -5.31. The van der Waals surface area contributed by atoms with Gasteiger partial charge in [0.15, 0.2) is 0 Å². The fourth-order valence-corrected chi connectivity index (χ4v) is 4.87. The third-order valence-electron chi connectivity index (χ3n) is 6.67. The van der Waals surface area contributed by atoms with E-state index in [0.29, 0.717) is 25.2 Å². The van der Waals surface area contributed by atoms with Gasteiger partial charge in [-0.3, -0.25) is 0 Å². The van der Waals surface area contributed by atoms with Crippen molar-refractivity contribution < 1.29 is 32.2 Å². The molecule has 2 saturated heterocycles. The van der Waals surface area contributed by atoms with Crippen molar-refractivity contribution >= 4 is 17.9 Å². The summed E-state index contributed by atoms with van der Waals surface area (Å²) in [5.74, 6) is 0. The summed E-state index contributed by atoms with van der Waals surface area (Å²) in [5, 5.41) is 2.59. The minimum absolute atomic E-state index is 0.0308. The van der Waals surface area contributed by atoms with Crippen LogP contribution in [-0.4, -0.2) is 47.4 Å². The van der Waals surface area contributed by atoms with E-state index in [4.69, 9.17) is 9.47 Å². The highest BCUT2D eigenvalue weighted by Gasteiger charge is 2.50. The Morgan fingerprint density at radius 2 is 1.16 bits per heavy atom. The maximum absolute atomic E-state index is 13.3. The largest absolute Gasteiger partial charge is 0.443 e. The third kappa shape index (κ3) is 5.53. The molecule has 0 saturated carbocycles. The number of hydrazine groups is 1. The molecule has 198 valence electrons. The van der Waals surface area contributed by atoms with Crippen LogP contribution in [-0.2, 0) is 28.9 Å². The number of nitrogens with zero attached hydrogens (tertiary/aromatic N) is 3. The highest BCUT2D eigenvalue weighted by molar-refractivity contribution is 5.76. The molecular formula is C28H26F3N3O4. The second kappa shape index (κ2) is 10.6. The first-order valence-electron chi connectivity index (χ1n) is 12.2. The van der Waals surface area contributed by atoms with E-state index >= 15 is 0 Å². The molecular weight excluding hydrogens is 499 g/mol. The van der Waals surface area contributed by atoms with E-state index in [1.165, 1.54) is 22.2 Å². The lowest BCUT2D eigenvalue weighted by molar-refractivity contribution is -0.137. The number of benzene rings is 3. The summed E-state index contributed by atoms with van der Waals surface area (Å²) >= 11 is 0. The smallest absolute Gasteiger partial charge is 0.429 e. The Kier molecular flexibility index (Phi) is 7.13. The minimum atomic E-state index is -4.43. The summed E-state index contributed by atoms with van der Waals surface area (Å²) in [4.78, 5) is 28.4. The number of piperidine rings is 1. The van der Waals surface area contributed by atoms with Gasteiger partial charge in [-0.1, -0.05) is 60.7 Å². The second-order valence-corrected chi connectivity index (χ2v) is 9.26. The fraction of sp³-hybridized carbons (Fsp3) is 0.286. The van der Waals surface area contributed by atoms with Crippen LogP contribution in [0.25, 0.3) is 0 Å². The Morgan fingerprint density at radius 1 is 0.711 bits per heavy atom. The summed E-state index contributed by atoms with van der Waals surface area (Å²) < 4.78 is 50.2. The number of halogens is 3. The molecule has 2 aliphatic heterocycles. The first-order chi connectivity index (χ1) is 18.3. The molecule has 3 aromatic carbocycles. The molecule has 0 aliphatic carbocycles. The number of ether oxygens (including phenoxy) is 2. The number of fused-ring (bicyclic) bond motifs is 2. The SMILES string of the molecule is O=C(OCc1ccccc1)N1C2CC(CN(c3ccc(C(F)(F)F)cc3)C2)N1C(=O)OCc1ccccc1. The number of carbonyl (C=O) groups excluding carboxylic acids is 2. The van der Waals surface area contributed by atoms with E-state index in [9.17, 15) is 22.8 Å². The molecule has 2 unspecified atom stereocenters. The molecule has 2 atom stereocenters. The van der Waals surface area contributed by atoms with Crippen molar-refractivity contribution in [2.45, 2.75) is 37.9 Å². The van der Waals surface area contributed by atoms with Crippen molar-refractivity contribution in [1.82, 2.24) is 10.0 Å². The Labute approximate surface area is 217 Å². The maximum atomic E-state index is 13.3. The quantitative estimate of drug-likeness (QED) is 0.418. The summed E-state index contributed by atoms with van der Waals surface area (Å²) in [6, 6.07) is 22.4. The highest BCUT2D eigenvalue weighted by Crippen LogP contribution is 2.36. The first-order valence-corrected chi connectivity index (χ1v) is 12.2. The molecule has 2 heterocycles. The van der Waals surface area contributed by atoms with Gasteiger partial charge in [-0.05, 0) is 41.8 Å². The van der Waals surface area contributed by atoms with Gasteiger partial charge in [-0.2, -0.15) is 13.2 Å². The first kappa shape index (κ1) is 25.4. The van der Waals surface area contributed by atoms with Crippen molar-refractivity contribution in [1.29, 1.82) is 0 Å². The zero-order valence-corrected chi connectivity index (χ0v) is 20.4. The van der Waals surface area contributed by atoms with Gasteiger partial charge >= 0.3 is 18.4 Å². The van der Waals surface area contributed by atoms with Gasteiger partial charge in [-0.15, -0.1) is 0 Å². The maximum Gasteiger partial charge on any atom is 0.429 e. The normalized spacial score (nSPS) is 18.9. The predicted octanol–water partition coefficient (Wildman–Crippen LogP) is 5.86. The number of hydrogen-bond acceptors (Lipinski definition) is 5. The van der Waals surface area contributed by atoms with Crippen molar-refractivity contribution in [2.75, 3.05) is 18.0 Å². The molecule has 2 bridgehead atoms. The Hall–Kier alpha value is -4.21. The molecule has 5 rings (SSSR count). The molecule has 3 aromatic rings. The zero-order chi connectivity index (χ0) is 26.7. The molecule has 2 fully saturated rings. The number of amides is 2. The molecule has 10 heteroatoms. The molecule has 0 N–H and O–H groups in total. The van der Waals surface area contributed by atoms with Crippen LogP contribution < -0.4 is 4.90 Å². The van der Waals surface area contributed by atoms with Gasteiger partial charge in [0.2, 0.25) is 0 Å². The van der Waals surface area contributed by atoms with E-state index < -0.39 is 36.0 Å². The highest BCUT2D eigenvalue weighted by atomic mass is 19.4. The topological polar surface area (TPSA) is 62.3 Å². The van der Waals surface area contributed by atoms with Gasteiger partial charge < -0.3 is 14.4 Å². The Balaban J connectivity index is 1.35. The lowest BCUT2D eigenvalue weighted by Gasteiger charge is -2.32. The number of rotatable bonds is 5. The summed E-state index contributed by atoms with van der Waals surface area (Å²) in [5.41, 5.74) is 1.43. The third-order valence-corrected chi connectivity index (χ3v) is 6.67. The molecule has 38 heavy (non-hydrogen) atoms. The summed E-state index contributed by atoms with van der Waals surface area (Å²) in [7, 11) is 0. The second-order valence-electron chi connectivity index (χ2n) is 9.26. The standard InChI is InChI=1S/C28H26F3N3O4/c29-28(30,31)22-11-13-23(14-12-22)32-16-24-15-25(17-32)34(27(36)38-19-21-9-5-2-6-10-21)33(24)26(35)37-18-20-7-3-1-4-8-20/h1-14,24-25H,15-19H2. The van der Waals surface area contributed by atoms with Crippen molar-refractivity contribution in [2.24, 2.45) is 0 Å². The van der Waals surface area contributed by atoms with Crippen LogP contribution in [0.15, 0.2) is 84.9 Å². The fourth-order valence-electron chi connectivity index (χ4n) is 4.87. The van der Waals surface area contributed by atoms with Crippen LogP contribution in [0.5, 0.6) is 0 Å². The van der Waals surface area contributed by atoms with Gasteiger partial charge in [0.25, 0.3) is 0 Å². The lowest BCUT2D eigenvalue weighted by Crippen LogP contribution is -2.50. The van der Waals surface area contributed by atoms with Crippen LogP contribution >= 0.6 is 0 Å². The van der Waals surface area contributed by atoms with Crippen molar-refractivity contribution in [3.05, 3.63) is 102 Å². The van der Waals surface area contributed by atoms with Crippen molar-refractivity contribution in [3.63, 3.8) is 0 Å². The average molecular weight is 526 g/mol. The van der Waals surface area contributed by atoms with Crippen LogP contribution in [0.3, 0.4) is 0 Å². The van der Waals surface area contributed by atoms with Crippen LogP contribution in [0.4, 0.5) is 28.4 Å². The van der Waals surface area contributed by atoms with E-state index in [-0.39, 0.29) is 13.2 Å². The minimum Gasteiger partial charge on any atom is -0.443 e. The molecule has 0 spiro atoms. The number of carbonyl (C=O) groups is 2. The van der Waals surface area contributed by atoms with Gasteiger partial charge in [0.1, 0.15) is 13.2 Å². The van der Waals surface area contributed by atoms with E-state index in [2.05, 4.69) is 0 Å². The average Bonchev–Trinajstić information content (AvgIpc) is 3.20. The number of alkyl halides is 3. The molecule has 7 nitrogen and oxygen atoms in total. The number of hydrogen-bond donors (Lipinski definition) is 0. The van der Waals surface area contributed by atoms with E-state index in [0.717, 1.165) is 23.3 Å².